The van der Waals surface area contributed by atoms with Crippen LogP contribution in [0, 0.1) is 5.92 Å². The van der Waals surface area contributed by atoms with Crippen LogP contribution in [0.15, 0.2) is 63.7 Å². The quantitative estimate of drug-likeness (QED) is 0.472. The number of benzene rings is 1. The fourth-order valence-electron chi connectivity index (χ4n) is 2.94. The van der Waals surface area contributed by atoms with Crippen LogP contribution in [0.5, 0.6) is 0 Å². The van der Waals surface area contributed by atoms with Crippen molar-refractivity contribution in [2.24, 2.45) is 17.4 Å². The summed E-state index contributed by atoms with van der Waals surface area (Å²) in [7, 11) is 0. The van der Waals surface area contributed by atoms with Crippen molar-refractivity contribution in [2.45, 2.75) is 44.7 Å². The number of hydrogen-bond donors (Lipinski definition) is 4. The summed E-state index contributed by atoms with van der Waals surface area (Å²) < 4.78 is 0. The van der Waals surface area contributed by atoms with Crippen molar-refractivity contribution in [3.8, 4) is 0 Å². The van der Waals surface area contributed by atoms with Crippen LogP contribution in [0.4, 0.5) is 0 Å². The van der Waals surface area contributed by atoms with E-state index in [1.807, 2.05) is 18.2 Å². The van der Waals surface area contributed by atoms with E-state index in [0.29, 0.717) is 5.92 Å². The number of thiol groups is 1. The lowest BCUT2D eigenvalue weighted by Crippen LogP contribution is -2.37. The van der Waals surface area contributed by atoms with Crippen LogP contribution in [0.25, 0.3) is 0 Å². The second-order valence-electron chi connectivity index (χ2n) is 6.67. The van der Waals surface area contributed by atoms with E-state index in [-0.39, 0.29) is 6.17 Å². The van der Waals surface area contributed by atoms with Crippen molar-refractivity contribution in [1.29, 1.82) is 0 Å². The summed E-state index contributed by atoms with van der Waals surface area (Å²) in [4.78, 5) is 0.980. The van der Waals surface area contributed by atoms with E-state index in [1.165, 1.54) is 22.3 Å². The van der Waals surface area contributed by atoms with Gasteiger partial charge in [-0.15, -0.1) is 12.6 Å². The Morgan fingerprint density at radius 3 is 2.67 bits per heavy atom. The maximum atomic E-state index is 6.29. The van der Waals surface area contributed by atoms with Gasteiger partial charge in [-0.3, -0.25) is 5.32 Å². The van der Waals surface area contributed by atoms with Gasteiger partial charge in [0, 0.05) is 17.1 Å². The number of allylic oxidation sites excluding steroid dienone is 4. The van der Waals surface area contributed by atoms with Crippen LogP contribution >= 0.6 is 12.6 Å². The largest absolute Gasteiger partial charge is 0.399 e. The molecule has 0 aliphatic heterocycles. The molecule has 0 fully saturated rings. The minimum atomic E-state index is -0.239. The van der Waals surface area contributed by atoms with E-state index in [9.17, 15) is 0 Å². The zero-order valence-electron chi connectivity index (χ0n) is 14.8. The van der Waals surface area contributed by atoms with Gasteiger partial charge in [0.05, 0.1) is 6.17 Å². The Morgan fingerprint density at radius 1 is 1.33 bits per heavy atom. The molecular weight excluding hydrogens is 314 g/mol. The third-order valence-electron chi connectivity index (χ3n) is 4.65. The molecule has 2 rings (SSSR count). The summed E-state index contributed by atoms with van der Waals surface area (Å²) in [6.07, 6.45) is 5.83. The molecule has 2 atom stereocenters. The molecule has 3 nitrogen and oxygen atoms in total. The lowest BCUT2D eigenvalue weighted by Gasteiger charge is -2.23. The van der Waals surface area contributed by atoms with E-state index in [4.69, 9.17) is 11.5 Å². The predicted molar refractivity (Wildman–Crippen MR) is 106 cm³/mol. The molecule has 5 N–H and O–H groups in total. The van der Waals surface area contributed by atoms with Crippen LogP contribution in [0.3, 0.4) is 0 Å². The number of hydrogen-bond acceptors (Lipinski definition) is 4. The molecule has 1 aliphatic carbocycles. The molecule has 0 saturated carbocycles. The van der Waals surface area contributed by atoms with E-state index in [1.54, 1.807) is 0 Å². The lowest BCUT2D eigenvalue weighted by atomic mass is 9.84. The molecule has 2 unspecified atom stereocenters. The van der Waals surface area contributed by atoms with Gasteiger partial charge in [-0.1, -0.05) is 30.7 Å². The maximum absolute atomic E-state index is 6.29. The normalized spacial score (nSPS) is 20.1. The monoisotopic (exact) mass is 343 g/mol. The van der Waals surface area contributed by atoms with Crippen molar-refractivity contribution < 1.29 is 0 Å². The Morgan fingerprint density at radius 2 is 2.00 bits per heavy atom. The van der Waals surface area contributed by atoms with Gasteiger partial charge in [-0.25, -0.2) is 0 Å². The minimum absolute atomic E-state index is 0.239. The van der Waals surface area contributed by atoms with Crippen LogP contribution in [0.2, 0.25) is 0 Å². The second-order valence-corrected chi connectivity index (χ2v) is 7.19. The maximum Gasteiger partial charge on any atom is 0.0761 e. The van der Waals surface area contributed by atoms with Crippen LogP contribution < -0.4 is 16.8 Å². The van der Waals surface area contributed by atoms with Crippen molar-refractivity contribution in [1.82, 2.24) is 5.32 Å². The topological polar surface area (TPSA) is 64.1 Å². The lowest BCUT2D eigenvalue weighted by molar-refractivity contribution is 0.606. The number of nitrogens with two attached hydrogens (primary N) is 2. The van der Waals surface area contributed by atoms with Gasteiger partial charge >= 0.3 is 0 Å². The molecule has 1 aromatic rings. The molecule has 0 heterocycles. The van der Waals surface area contributed by atoms with E-state index >= 15 is 0 Å². The Labute approximate surface area is 151 Å². The predicted octanol–water partition coefficient (Wildman–Crippen LogP) is 3.54. The van der Waals surface area contributed by atoms with Gasteiger partial charge in [0.2, 0.25) is 0 Å². The molecule has 0 amide bonds. The number of nitrogens with one attached hydrogen (secondary N) is 1. The zero-order chi connectivity index (χ0) is 17.7. The first kappa shape index (κ1) is 18.8. The molecule has 0 spiro atoms. The molecular formula is C20H29N3S. The van der Waals surface area contributed by atoms with E-state index in [0.717, 1.165) is 30.0 Å². The molecule has 1 aliphatic rings. The summed E-state index contributed by atoms with van der Waals surface area (Å²) in [6, 6.07) is 8.19. The minimum Gasteiger partial charge on any atom is -0.399 e. The Kier molecular flexibility index (Phi) is 6.72. The van der Waals surface area contributed by atoms with Gasteiger partial charge in [-0.2, -0.15) is 0 Å². The van der Waals surface area contributed by atoms with E-state index < -0.39 is 0 Å². The van der Waals surface area contributed by atoms with Gasteiger partial charge in [0.1, 0.15) is 0 Å². The smallest absolute Gasteiger partial charge is 0.0761 e. The van der Waals surface area contributed by atoms with Gasteiger partial charge in [0.25, 0.3) is 0 Å². The fraction of sp³-hybridized carbons (Fsp3) is 0.400. The summed E-state index contributed by atoms with van der Waals surface area (Å²) in [6.45, 7) is 7.35. The zero-order valence-corrected chi connectivity index (χ0v) is 15.7. The molecule has 4 heteroatoms. The third-order valence-corrected chi connectivity index (χ3v) is 4.94. The summed E-state index contributed by atoms with van der Waals surface area (Å²) in [5.74, 6) is 0.537. The average molecular weight is 344 g/mol. The Balaban J connectivity index is 1.90. The number of rotatable bonds is 6. The highest BCUT2D eigenvalue weighted by atomic mass is 32.1. The van der Waals surface area contributed by atoms with Crippen LogP contribution in [-0.2, 0) is 6.42 Å². The molecule has 0 aromatic heterocycles. The highest BCUT2D eigenvalue weighted by Gasteiger charge is 2.17. The summed E-state index contributed by atoms with van der Waals surface area (Å²) >= 11 is 4.30. The van der Waals surface area contributed by atoms with Crippen molar-refractivity contribution in [3.05, 3.63) is 64.4 Å². The first-order valence-electron chi connectivity index (χ1n) is 8.49. The van der Waals surface area contributed by atoms with Crippen LogP contribution in [-0.4, -0.2) is 12.7 Å². The van der Waals surface area contributed by atoms with Crippen molar-refractivity contribution >= 4 is 12.6 Å². The highest BCUT2D eigenvalue weighted by molar-refractivity contribution is 7.80. The van der Waals surface area contributed by atoms with Crippen LogP contribution in [0.1, 0.15) is 32.8 Å². The Bertz CT molecular complexity index is 656. The summed E-state index contributed by atoms with van der Waals surface area (Å²) in [5.41, 5.74) is 18.4. The molecule has 24 heavy (non-hydrogen) atoms. The molecule has 0 bridgehead atoms. The summed E-state index contributed by atoms with van der Waals surface area (Å²) in [5, 5.41) is 3.31. The van der Waals surface area contributed by atoms with Gasteiger partial charge in [0.15, 0.2) is 0 Å². The Hall–Kier alpha value is -1.49. The molecule has 0 radical (unpaired) electrons. The third kappa shape index (κ3) is 5.26. The molecule has 0 saturated heterocycles. The SMILES string of the molecule is CC1=CC(C)=C(/C(N)=C/C(N)NCCc2ccc(S)cc2)CC1C. The molecule has 1 aromatic carbocycles. The van der Waals surface area contributed by atoms with E-state index in [2.05, 4.69) is 56.9 Å². The second kappa shape index (κ2) is 8.56. The molecule has 130 valence electrons. The fourth-order valence-corrected chi connectivity index (χ4v) is 3.09. The first-order valence-corrected chi connectivity index (χ1v) is 8.94. The highest BCUT2D eigenvalue weighted by Crippen LogP contribution is 2.31. The van der Waals surface area contributed by atoms with Crippen molar-refractivity contribution in [3.63, 3.8) is 0 Å². The van der Waals surface area contributed by atoms with Crippen molar-refractivity contribution in [2.75, 3.05) is 6.54 Å². The first-order chi connectivity index (χ1) is 11.4. The average Bonchev–Trinajstić information content (AvgIpc) is 2.52. The van der Waals surface area contributed by atoms with Gasteiger partial charge in [-0.05, 0) is 67.5 Å². The van der Waals surface area contributed by atoms with Gasteiger partial charge < -0.3 is 11.5 Å². The standard InChI is InChI=1S/C20H29N3S/c1-13-10-15(3)18(11-14(13)2)19(21)12-20(22)23-9-8-16-4-6-17(24)7-5-16/h4-7,10,12,14,20,23-24H,8-9,11,21-22H2,1-3H3/b19-12-.